The molecule has 0 fully saturated rings. The Hall–Kier alpha value is -3.06. The predicted octanol–water partition coefficient (Wildman–Crippen LogP) is 5.07. The molecule has 174 valence electrons. The van der Waals surface area contributed by atoms with Gasteiger partial charge in [-0.3, -0.25) is 14.0 Å². The summed E-state index contributed by atoms with van der Waals surface area (Å²) in [5.74, 6) is -0.705. The second-order valence-corrected chi connectivity index (χ2v) is 9.71. The third-order valence-corrected chi connectivity index (χ3v) is 7.92. The minimum absolute atomic E-state index is 0.295. The average Bonchev–Trinajstić information content (AvgIpc) is 3.14. The first-order valence-electron chi connectivity index (χ1n) is 10.5. The van der Waals surface area contributed by atoms with Crippen LogP contribution in [0.25, 0.3) is 17.3 Å². The van der Waals surface area contributed by atoms with Gasteiger partial charge in [-0.15, -0.1) is 0 Å². The number of hydrogen-bond donors (Lipinski definition) is 3. The highest BCUT2D eigenvalue weighted by Crippen LogP contribution is 2.60. The Labute approximate surface area is 192 Å². The van der Waals surface area contributed by atoms with Gasteiger partial charge in [0.05, 0.1) is 17.0 Å². The van der Waals surface area contributed by atoms with E-state index in [4.69, 9.17) is 0 Å². The standard InChI is InChI=1S/C24H27FN3O4P/c1-4-24(5-2,33(30,31)32)19-9-13-21(14-10-19)27-22(29)15-8-18-16-26-28(3)23(18)17-6-11-20(25)12-7-17/h6-16H,4-5H2,1-3H3,(H,27,29)(H2,30,31,32). The van der Waals surface area contributed by atoms with Gasteiger partial charge in [0.25, 0.3) is 0 Å². The van der Waals surface area contributed by atoms with Crippen LogP contribution >= 0.6 is 7.60 Å². The Morgan fingerprint density at radius 1 is 1.12 bits per heavy atom. The molecule has 3 rings (SSSR count). The van der Waals surface area contributed by atoms with E-state index in [0.717, 1.165) is 11.3 Å². The van der Waals surface area contributed by atoms with Crippen molar-refractivity contribution in [3.63, 3.8) is 0 Å². The van der Waals surface area contributed by atoms with Crippen LogP contribution in [0.2, 0.25) is 0 Å². The normalized spacial score (nSPS) is 12.3. The Morgan fingerprint density at radius 2 is 1.73 bits per heavy atom. The Kier molecular flexibility index (Phi) is 7.32. The fraction of sp³-hybridized carbons (Fsp3) is 0.250. The van der Waals surface area contributed by atoms with Crippen LogP contribution in [0.4, 0.5) is 10.1 Å². The van der Waals surface area contributed by atoms with Crippen molar-refractivity contribution >= 4 is 25.3 Å². The molecule has 0 radical (unpaired) electrons. The van der Waals surface area contributed by atoms with Crippen molar-refractivity contribution in [1.29, 1.82) is 0 Å². The molecule has 0 aliphatic rings. The van der Waals surface area contributed by atoms with Crippen LogP contribution < -0.4 is 5.32 Å². The molecular formula is C24H27FN3O4P. The van der Waals surface area contributed by atoms with Gasteiger partial charge in [-0.1, -0.05) is 26.0 Å². The minimum atomic E-state index is -4.37. The quantitative estimate of drug-likeness (QED) is 0.314. The van der Waals surface area contributed by atoms with E-state index in [1.54, 1.807) is 74.2 Å². The van der Waals surface area contributed by atoms with Gasteiger partial charge in [0.1, 0.15) is 5.82 Å². The summed E-state index contributed by atoms with van der Waals surface area (Å²) in [5.41, 5.74) is 3.26. The molecule has 33 heavy (non-hydrogen) atoms. The SMILES string of the molecule is CCC(CC)(c1ccc(NC(=O)C=Cc2cnn(C)c2-c2ccc(F)cc2)cc1)P(=O)(O)O. The Morgan fingerprint density at radius 3 is 2.27 bits per heavy atom. The number of aromatic nitrogens is 2. The number of anilines is 1. The third-order valence-electron chi connectivity index (χ3n) is 5.92. The van der Waals surface area contributed by atoms with E-state index in [1.807, 2.05) is 0 Å². The molecule has 1 heterocycles. The lowest BCUT2D eigenvalue weighted by molar-refractivity contribution is -0.111. The van der Waals surface area contributed by atoms with Gasteiger partial charge >= 0.3 is 7.60 Å². The molecule has 1 amide bonds. The molecular weight excluding hydrogens is 444 g/mol. The van der Waals surface area contributed by atoms with Gasteiger partial charge in [0.15, 0.2) is 0 Å². The van der Waals surface area contributed by atoms with Crippen LogP contribution in [-0.4, -0.2) is 25.5 Å². The lowest BCUT2D eigenvalue weighted by atomic mass is 9.92. The second kappa shape index (κ2) is 9.83. The third kappa shape index (κ3) is 5.14. The summed E-state index contributed by atoms with van der Waals surface area (Å²) in [6, 6.07) is 12.6. The van der Waals surface area contributed by atoms with Crippen LogP contribution in [0.3, 0.4) is 0 Å². The fourth-order valence-corrected chi connectivity index (χ4v) is 5.30. The van der Waals surface area contributed by atoms with Gasteiger partial charge in [-0.25, -0.2) is 4.39 Å². The lowest BCUT2D eigenvalue weighted by Gasteiger charge is -2.33. The molecule has 0 aliphatic heterocycles. The number of carbonyl (C=O) groups is 1. The highest BCUT2D eigenvalue weighted by molar-refractivity contribution is 7.53. The molecule has 0 bridgehead atoms. The Balaban J connectivity index is 1.76. The van der Waals surface area contributed by atoms with Gasteiger partial charge < -0.3 is 15.1 Å². The first-order valence-corrected chi connectivity index (χ1v) is 12.2. The van der Waals surface area contributed by atoms with E-state index in [-0.39, 0.29) is 11.7 Å². The van der Waals surface area contributed by atoms with Gasteiger partial charge in [-0.05, 0) is 60.9 Å². The van der Waals surface area contributed by atoms with E-state index in [1.165, 1.54) is 18.2 Å². The van der Waals surface area contributed by atoms with Gasteiger partial charge in [-0.2, -0.15) is 5.10 Å². The number of aryl methyl sites for hydroxylation is 1. The zero-order valence-corrected chi connectivity index (χ0v) is 19.6. The molecule has 2 aromatic carbocycles. The Bertz CT molecular complexity index is 1190. The van der Waals surface area contributed by atoms with Crippen LogP contribution in [0, 0.1) is 5.82 Å². The summed E-state index contributed by atoms with van der Waals surface area (Å²) < 4.78 is 27.0. The van der Waals surface area contributed by atoms with E-state index in [2.05, 4.69) is 10.4 Å². The van der Waals surface area contributed by atoms with E-state index < -0.39 is 12.8 Å². The number of nitrogens with one attached hydrogen (secondary N) is 1. The molecule has 9 heteroatoms. The largest absolute Gasteiger partial charge is 0.335 e. The highest BCUT2D eigenvalue weighted by atomic mass is 31.2. The van der Waals surface area contributed by atoms with Crippen molar-refractivity contribution in [3.8, 4) is 11.3 Å². The average molecular weight is 471 g/mol. The van der Waals surface area contributed by atoms with Crippen LogP contribution in [-0.2, 0) is 21.6 Å². The summed E-state index contributed by atoms with van der Waals surface area (Å²) >= 11 is 0. The first-order chi connectivity index (χ1) is 15.6. The maximum absolute atomic E-state index is 13.3. The van der Waals surface area contributed by atoms with E-state index in [0.29, 0.717) is 29.7 Å². The molecule has 7 nitrogen and oxygen atoms in total. The van der Waals surface area contributed by atoms with Gasteiger partial charge in [0.2, 0.25) is 5.91 Å². The van der Waals surface area contributed by atoms with Crippen molar-refractivity contribution in [2.75, 3.05) is 5.32 Å². The molecule has 0 unspecified atom stereocenters. The topological polar surface area (TPSA) is 104 Å². The number of hydrogen-bond acceptors (Lipinski definition) is 3. The highest BCUT2D eigenvalue weighted by Gasteiger charge is 2.45. The van der Waals surface area contributed by atoms with E-state index in [9.17, 15) is 23.5 Å². The number of rotatable bonds is 8. The van der Waals surface area contributed by atoms with Crippen molar-refractivity contribution < 1.29 is 23.5 Å². The van der Waals surface area contributed by atoms with Crippen molar-refractivity contribution in [2.24, 2.45) is 7.05 Å². The zero-order valence-electron chi connectivity index (χ0n) is 18.7. The van der Waals surface area contributed by atoms with Crippen molar-refractivity contribution in [1.82, 2.24) is 9.78 Å². The van der Waals surface area contributed by atoms with Crippen molar-refractivity contribution in [3.05, 3.63) is 77.7 Å². The molecule has 0 saturated heterocycles. The van der Waals surface area contributed by atoms with Crippen LogP contribution in [0.15, 0.2) is 60.8 Å². The summed E-state index contributed by atoms with van der Waals surface area (Å²) in [6.45, 7) is 3.50. The summed E-state index contributed by atoms with van der Waals surface area (Å²) in [4.78, 5) is 32.2. The summed E-state index contributed by atoms with van der Waals surface area (Å²) in [6.07, 6.45) is 5.21. The molecule has 0 atom stereocenters. The molecule has 0 saturated carbocycles. The fourth-order valence-electron chi connectivity index (χ4n) is 3.99. The van der Waals surface area contributed by atoms with Crippen LogP contribution in [0.1, 0.15) is 37.8 Å². The predicted molar refractivity (Wildman–Crippen MR) is 127 cm³/mol. The van der Waals surface area contributed by atoms with Crippen molar-refractivity contribution in [2.45, 2.75) is 31.8 Å². The molecule has 1 aromatic heterocycles. The maximum Gasteiger partial charge on any atom is 0.335 e. The van der Waals surface area contributed by atoms with Gasteiger partial charge in [0, 0.05) is 29.9 Å². The number of nitrogens with zero attached hydrogens (tertiary/aromatic N) is 2. The number of amides is 1. The number of halogens is 1. The number of benzene rings is 2. The smallest absolute Gasteiger partial charge is 0.324 e. The first kappa shape index (κ1) is 24.6. The molecule has 3 N–H and O–H groups in total. The summed E-state index contributed by atoms with van der Waals surface area (Å²) in [7, 11) is -2.61. The molecule has 0 aliphatic carbocycles. The minimum Gasteiger partial charge on any atom is -0.324 e. The number of carbonyl (C=O) groups excluding carboxylic acids is 1. The molecule has 3 aromatic rings. The summed E-state index contributed by atoms with van der Waals surface area (Å²) in [5, 5.41) is 5.72. The monoisotopic (exact) mass is 471 g/mol. The van der Waals surface area contributed by atoms with E-state index >= 15 is 0 Å². The second-order valence-electron chi connectivity index (χ2n) is 7.76. The molecule has 0 spiro atoms. The van der Waals surface area contributed by atoms with Crippen LogP contribution in [0.5, 0.6) is 0 Å². The maximum atomic E-state index is 13.3. The lowest BCUT2D eigenvalue weighted by Crippen LogP contribution is -2.24. The zero-order chi connectivity index (χ0) is 24.2.